The molecule has 0 unspecified atom stereocenters. The molecule has 10 heteroatoms. The second-order valence-corrected chi connectivity index (χ2v) is 7.34. The lowest BCUT2D eigenvalue weighted by Gasteiger charge is -2.22. The molecule has 2 rings (SSSR count). The molecular formula is C16H20O9S. The summed E-state index contributed by atoms with van der Waals surface area (Å²) < 4.78 is 45.1. The van der Waals surface area contributed by atoms with Crippen LogP contribution in [-0.4, -0.2) is 56.7 Å². The van der Waals surface area contributed by atoms with E-state index in [1.165, 1.54) is 12.1 Å². The van der Waals surface area contributed by atoms with Crippen LogP contribution in [-0.2, 0) is 38.1 Å². The Hall–Kier alpha value is -2.01. The lowest BCUT2D eigenvalue weighted by Crippen LogP contribution is -2.41. The van der Waals surface area contributed by atoms with E-state index in [1.807, 2.05) is 0 Å². The Kier molecular flexibility index (Phi) is 6.34. The molecule has 26 heavy (non-hydrogen) atoms. The summed E-state index contributed by atoms with van der Waals surface area (Å²) in [5.41, 5.74) is 0.856. The lowest BCUT2D eigenvalue weighted by atomic mass is 10.1. The number of aryl methyl sites for hydroxylation is 1. The summed E-state index contributed by atoms with van der Waals surface area (Å²) in [6.45, 7) is 3.67. The molecule has 0 saturated carbocycles. The second-order valence-electron chi connectivity index (χ2n) is 5.77. The molecule has 144 valence electrons. The molecule has 0 amide bonds. The Morgan fingerprint density at radius 3 is 2.27 bits per heavy atom. The first-order valence-electron chi connectivity index (χ1n) is 7.74. The van der Waals surface area contributed by atoms with Crippen molar-refractivity contribution < 1.29 is 41.5 Å². The predicted molar refractivity (Wildman–Crippen MR) is 86.3 cm³/mol. The van der Waals surface area contributed by atoms with Crippen LogP contribution in [0.3, 0.4) is 0 Å². The molecule has 0 spiro atoms. The molecule has 9 nitrogen and oxygen atoms in total. The summed E-state index contributed by atoms with van der Waals surface area (Å²) in [5.74, 6) is -1.38. The van der Waals surface area contributed by atoms with Gasteiger partial charge in [-0.2, -0.15) is 8.42 Å². The van der Waals surface area contributed by atoms with Crippen molar-refractivity contribution in [2.75, 3.05) is 6.61 Å². The molecule has 0 bridgehead atoms. The van der Waals surface area contributed by atoms with Crippen LogP contribution >= 0.6 is 0 Å². The van der Waals surface area contributed by atoms with E-state index < -0.39 is 46.7 Å². The van der Waals surface area contributed by atoms with Gasteiger partial charge in [-0.1, -0.05) is 17.7 Å². The molecule has 1 heterocycles. The average molecular weight is 388 g/mol. The maximum Gasteiger partial charge on any atom is 0.303 e. The van der Waals surface area contributed by atoms with Crippen molar-refractivity contribution in [1.82, 2.24) is 0 Å². The molecule has 1 saturated heterocycles. The molecule has 1 aliphatic rings. The van der Waals surface area contributed by atoms with Crippen LogP contribution in [0.2, 0.25) is 0 Å². The minimum Gasteiger partial charge on any atom is -0.463 e. The minimum atomic E-state index is -4.25. The summed E-state index contributed by atoms with van der Waals surface area (Å²) >= 11 is 0. The molecule has 0 aliphatic carbocycles. The second kappa shape index (κ2) is 8.12. The SMILES string of the molecule is CC(=O)OC[C@@H]1O[C@H](O)[C@@H](OC(C)=O)[C@@H]1OS(=O)(=O)c1ccc(C)cc1. The number of aliphatic hydroxyl groups excluding tert-OH is 1. The van der Waals surface area contributed by atoms with Crippen molar-refractivity contribution in [1.29, 1.82) is 0 Å². The van der Waals surface area contributed by atoms with Gasteiger partial charge in [0.15, 0.2) is 12.4 Å². The van der Waals surface area contributed by atoms with Crippen molar-refractivity contribution in [3.05, 3.63) is 29.8 Å². The van der Waals surface area contributed by atoms with E-state index in [4.69, 9.17) is 18.4 Å². The molecule has 4 atom stereocenters. The maximum atomic E-state index is 12.5. The number of carbonyl (C=O) groups is 2. The van der Waals surface area contributed by atoms with E-state index >= 15 is 0 Å². The van der Waals surface area contributed by atoms with Crippen LogP contribution in [0.4, 0.5) is 0 Å². The number of benzene rings is 1. The summed E-state index contributed by atoms with van der Waals surface area (Å²) in [6, 6.07) is 5.91. The van der Waals surface area contributed by atoms with Crippen molar-refractivity contribution in [2.24, 2.45) is 0 Å². The largest absolute Gasteiger partial charge is 0.463 e. The zero-order chi connectivity index (χ0) is 19.5. The third-order valence-corrected chi connectivity index (χ3v) is 4.91. The first-order valence-corrected chi connectivity index (χ1v) is 9.15. The third kappa shape index (κ3) is 5.01. The molecule has 0 radical (unpaired) electrons. The molecular weight excluding hydrogens is 368 g/mol. The first kappa shape index (κ1) is 20.3. The monoisotopic (exact) mass is 388 g/mol. The van der Waals surface area contributed by atoms with Gasteiger partial charge in [0.25, 0.3) is 10.1 Å². The zero-order valence-corrected chi connectivity index (χ0v) is 15.3. The molecule has 1 aromatic carbocycles. The molecule has 1 aromatic rings. The number of rotatable bonds is 6. The van der Waals surface area contributed by atoms with E-state index in [-0.39, 0.29) is 11.5 Å². The van der Waals surface area contributed by atoms with Gasteiger partial charge < -0.3 is 19.3 Å². The molecule has 1 N–H and O–H groups in total. The molecule has 0 aromatic heterocycles. The van der Waals surface area contributed by atoms with Gasteiger partial charge in [0.05, 0.1) is 4.90 Å². The average Bonchev–Trinajstić information content (AvgIpc) is 2.81. The van der Waals surface area contributed by atoms with E-state index in [0.717, 1.165) is 19.4 Å². The van der Waals surface area contributed by atoms with Crippen LogP contribution in [0, 0.1) is 6.92 Å². The topological polar surface area (TPSA) is 125 Å². The van der Waals surface area contributed by atoms with Crippen molar-refractivity contribution in [3.63, 3.8) is 0 Å². The number of aliphatic hydroxyl groups is 1. The van der Waals surface area contributed by atoms with Crippen LogP contribution in [0.25, 0.3) is 0 Å². The highest BCUT2D eigenvalue weighted by Gasteiger charge is 2.50. The maximum absolute atomic E-state index is 12.5. The van der Waals surface area contributed by atoms with Crippen molar-refractivity contribution in [3.8, 4) is 0 Å². The highest BCUT2D eigenvalue weighted by atomic mass is 32.2. The zero-order valence-electron chi connectivity index (χ0n) is 14.4. The van der Waals surface area contributed by atoms with E-state index in [2.05, 4.69) is 0 Å². The quantitative estimate of drug-likeness (QED) is 0.540. The van der Waals surface area contributed by atoms with Gasteiger partial charge in [0.1, 0.15) is 18.8 Å². The Morgan fingerprint density at radius 1 is 1.12 bits per heavy atom. The van der Waals surface area contributed by atoms with Gasteiger partial charge in [0.2, 0.25) is 0 Å². The fraction of sp³-hybridized carbons (Fsp3) is 0.500. The van der Waals surface area contributed by atoms with Crippen LogP contribution in [0.5, 0.6) is 0 Å². The lowest BCUT2D eigenvalue weighted by molar-refractivity contribution is -0.171. The predicted octanol–water partition coefficient (Wildman–Crippen LogP) is 0.281. The highest BCUT2D eigenvalue weighted by molar-refractivity contribution is 7.86. The number of hydrogen-bond acceptors (Lipinski definition) is 9. The Labute approximate surface area is 150 Å². The standard InChI is InChI=1S/C16H20O9S/c1-9-4-6-12(7-5-9)26(20,21)25-14-13(8-22-10(2)17)24-16(19)15(14)23-11(3)18/h4-7,13-16,19H,8H2,1-3H3/t13-,14+,15-,16-/m0/s1. The van der Waals surface area contributed by atoms with Gasteiger partial charge in [-0.25, -0.2) is 0 Å². The smallest absolute Gasteiger partial charge is 0.303 e. The van der Waals surface area contributed by atoms with Gasteiger partial charge in [-0.3, -0.25) is 13.8 Å². The summed E-state index contributed by atoms with van der Waals surface area (Å²) in [7, 11) is -4.25. The summed E-state index contributed by atoms with van der Waals surface area (Å²) in [5, 5.41) is 9.93. The summed E-state index contributed by atoms with van der Waals surface area (Å²) in [6.07, 6.45) is -5.55. The van der Waals surface area contributed by atoms with Gasteiger partial charge in [-0.05, 0) is 19.1 Å². The van der Waals surface area contributed by atoms with Crippen LogP contribution in [0.1, 0.15) is 19.4 Å². The van der Waals surface area contributed by atoms with E-state index in [9.17, 15) is 23.1 Å². The Bertz CT molecular complexity index is 756. The highest BCUT2D eigenvalue weighted by Crippen LogP contribution is 2.29. The fourth-order valence-electron chi connectivity index (χ4n) is 2.38. The number of ether oxygens (including phenoxy) is 3. The molecule has 1 fully saturated rings. The normalized spacial score (nSPS) is 25.7. The van der Waals surface area contributed by atoms with Crippen LogP contribution in [0.15, 0.2) is 29.2 Å². The number of carbonyl (C=O) groups excluding carboxylic acids is 2. The van der Waals surface area contributed by atoms with Gasteiger partial charge >= 0.3 is 11.9 Å². The molecule has 1 aliphatic heterocycles. The number of hydrogen-bond donors (Lipinski definition) is 1. The van der Waals surface area contributed by atoms with Crippen molar-refractivity contribution in [2.45, 2.75) is 50.3 Å². The Morgan fingerprint density at radius 2 is 1.73 bits per heavy atom. The fourth-order valence-corrected chi connectivity index (χ4v) is 3.49. The van der Waals surface area contributed by atoms with Gasteiger partial charge in [-0.15, -0.1) is 0 Å². The third-order valence-electron chi connectivity index (χ3n) is 3.59. The van der Waals surface area contributed by atoms with Crippen molar-refractivity contribution >= 4 is 22.1 Å². The van der Waals surface area contributed by atoms with E-state index in [1.54, 1.807) is 19.1 Å². The van der Waals surface area contributed by atoms with Crippen LogP contribution < -0.4 is 0 Å². The van der Waals surface area contributed by atoms with Gasteiger partial charge in [0, 0.05) is 13.8 Å². The summed E-state index contributed by atoms with van der Waals surface area (Å²) in [4.78, 5) is 22.1. The van der Waals surface area contributed by atoms with E-state index in [0.29, 0.717) is 0 Å². The first-order chi connectivity index (χ1) is 12.1. The minimum absolute atomic E-state index is 0.114. The number of esters is 2. The Balaban J connectivity index is 2.26.